The van der Waals surface area contributed by atoms with Crippen LogP contribution in [0.25, 0.3) is 0 Å². The van der Waals surface area contributed by atoms with Crippen LogP contribution in [-0.4, -0.2) is 55.1 Å². The molecule has 0 radical (unpaired) electrons. The number of rotatable bonds is 2. The van der Waals surface area contributed by atoms with Gasteiger partial charge >= 0.3 is 0 Å². The summed E-state index contributed by atoms with van der Waals surface area (Å²) in [4.78, 5) is 0. The molecule has 0 aliphatic carbocycles. The van der Waals surface area contributed by atoms with Gasteiger partial charge in [-0.2, -0.15) is 0 Å². The number of hydrogen-bond acceptors (Lipinski definition) is 5. The number of methoxy groups -OCH3 is 2. The molecule has 0 aromatic heterocycles. The monoisotopic (exact) mass is 192 g/mol. The highest BCUT2D eigenvalue weighted by Gasteiger charge is 2.43. The molecule has 2 N–H and O–H groups in total. The Labute approximate surface area is 77.2 Å². The molecule has 0 saturated carbocycles. The lowest BCUT2D eigenvalue weighted by atomic mass is 10.00. The summed E-state index contributed by atoms with van der Waals surface area (Å²) in [5.74, 6) is 0. The molecule has 0 bridgehead atoms. The van der Waals surface area contributed by atoms with Gasteiger partial charge in [0.1, 0.15) is 18.3 Å². The van der Waals surface area contributed by atoms with E-state index in [4.69, 9.17) is 14.2 Å². The van der Waals surface area contributed by atoms with Crippen molar-refractivity contribution >= 4 is 0 Å². The van der Waals surface area contributed by atoms with Crippen LogP contribution in [0.15, 0.2) is 0 Å². The SMILES string of the molecule is COC1C(O)[C@H](O)C(C)O[C@@H]1OC. The zero-order valence-electron chi connectivity index (χ0n) is 8.01. The lowest BCUT2D eigenvalue weighted by molar-refractivity contribution is -0.291. The van der Waals surface area contributed by atoms with Crippen LogP contribution in [0.4, 0.5) is 0 Å². The molecule has 78 valence electrons. The molecule has 1 fully saturated rings. The first-order valence-corrected chi connectivity index (χ1v) is 4.19. The molecule has 0 spiro atoms. The van der Waals surface area contributed by atoms with Crippen molar-refractivity contribution in [3.8, 4) is 0 Å². The van der Waals surface area contributed by atoms with Gasteiger partial charge < -0.3 is 24.4 Å². The summed E-state index contributed by atoms with van der Waals surface area (Å²) in [6.45, 7) is 1.67. The minimum atomic E-state index is -0.973. The topological polar surface area (TPSA) is 68.2 Å². The van der Waals surface area contributed by atoms with E-state index in [-0.39, 0.29) is 0 Å². The van der Waals surface area contributed by atoms with Crippen LogP contribution >= 0.6 is 0 Å². The number of aliphatic hydroxyl groups is 2. The van der Waals surface area contributed by atoms with Gasteiger partial charge in [-0.05, 0) is 6.92 Å². The van der Waals surface area contributed by atoms with Crippen molar-refractivity contribution in [2.75, 3.05) is 14.2 Å². The smallest absolute Gasteiger partial charge is 0.186 e. The van der Waals surface area contributed by atoms with Crippen LogP contribution in [0.2, 0.25) is 0 Å². The summed E-state index contributed by atoms with van der Waals surface area (Å²) in [6, 6.07) is 0. The summed E-state index contributed by atoms with van der Waals surface area (Å²) in [5.41, 5.74) is 0. The van der Waals surface area contributed by atoms with Crippen molar-refractivity contribution in [2.24, 2.45) is 0 Å². The number of ether oxygens (including phenoxy) is 3. The Bertz CT molecular complexity index is 161. The van der Waals surface area contributed by atoms with Crippen molar-refractivity contribution in [1.29, 1.82) is 0 Å². The lowest BCUT2D eigenvalue weighted by Crippen LogP contribution is -2.57. The van der Waals surface area contributed by atoms with Gasteiger partial charge in [0.2, 0.25) is 0 Å². The quantitative estimate of drug-likeness (QED) is 0.594. The average Bonchev–Trinajstić information content (AvgIpc) is 2.13. The third kappa shape index (κ3) is 2.00. The summed E-state index contributed by atoms with van der Waals surface area (Å²) in [7, 11) is 2.90. The minimum Gasteiger partial charge on any atom is -0.388 e. The highest BCUT2D eigenvalue weighted by molar-refractivity contribution is 4.87. The first-order valence-electron chi connectivity index (χ1n) is 4.19. The normalized spacial score (nSPS) is 46.4. The summed E-state index contributed by atoms with van der Waals surface area (Å²) in [5, 5.41) is 19.0. The second-order valence-corrected chi connectivity index (χ2v) is 3.13. The van der Waals surface area contributed by atoms with Crippen molar-refractivity contribution in [3.63, 3.8) is 0 Å². The predicted octanol–water partition coefficient (Wildman–Crippen LogP) is -0.886. The molecule has 0 amide bonds. The van der Waals surface area contributed by atoms with E-state index in [2.05, 4.69) is 0 Å². The van der Waals surface area contributed by atoms with E-state index in [1.807, 2.05) is 0 Å². The molecule has 1 saturated heterocycles. The highest BCUT2D eigenvalue weighted by atomic mass is 16.7. The molecule has 1 aliphatic rings. The second kappa shape index (κ2) is 4.34. The first-order chi connectivity index (χ1) is 6.11. The Balaban J connectivity index is 2.69. The summed E-state index contributed by atoms with van der Waals surface area (Å²) < 4.78 is 15.2. The molecule has 5 heteroatoms. The van der Waals surface area contributed by atoms with Crippen LogP contribution < -0.4 is 0 Å². The van der Waals surface area contributed by atoms with Gasteiger partial charge in [0.15, 0.2) is 6.29 Å². The Morgan fingerprint density at radius 2 is 1.69 bits per heavy atom. The van der Waals surface area contributed by atoms with Gasteiger partial charge in [-0.1, -0.05) is 0 Å². The summed E-state index contributed by atoms with van der Waals surface area (Å²) >= 11 is 0. The first kappa shape index (κ1) is 10.9. The Morgan fingerprint density at radius 3 is 2.15 bits per heavy atom. The highest BCUT2D eigenvalue weighted by Crippen LogP contribution is 2.22. The van der Waals surface area contributed by atoms with E-state index >= 15 is 0 Å². The van der Waals surface area contributed by atoms with Crippen LogP contribution in [0.1, 0.15) is 6.92 Å². The van der Waals surface area contributed by atoms with Crippen LogP contribution in [0, 0.1) is 0 Å². The molecule has 1 aliphatic heterocycles. The van der Waals surface area contributed by atoms with Crippen LogP contribution in [0.3, 0.4) is 0 Å². The van der Waals surface area contributed by atoms with Crippen molar-refractivity contribution in [1.82, 2.24) is 0 Å². The second-order valence-electron chi connectivity index (χ2n) is 3.13. The molecule has 0 aromatic carbocycles. The number of hydrogen-bond donors (Lipinski definition) is 2. The van der Waals surface area contributed by atoms with E-state index in [0.29, 0.717) is 0 Å². The molecular weight excluding hydrogens is 176 g/mol. The van der Waals surface area contributed by atoms with Gasteiger partial charge in [0.05, 0.1) is 6.10 Å². The third-order valence-corrected chi connectivity index (χ3v) is 2.29. The Kier molecular flexibility index (Phi) is 3.63. The lowest BCUT2D eigenvalue weighted by Gasteiger charge is -2.39. The molecule has 1 heterocycles. The van der Waals surface area contributed by atoms with Gasteiger partial charge in [0, 0.05) is 14.2 Å². The van der Waals surface area contributed by atoms with Crippen molar-refractivity contribution in [2.45, 2.75) is 37.6 Å². The van der Waals surface area contributed by atoms with Gasteiger partial charge in [-0.3, -0.25) is 0 Å². The number of aliphatic hydroxyl groups excluding tert-OH is 2. The standard InChI is InChI=1S/C8H16O5/c1-4-5(9)6(10)7(11-2)8(12-3)13-4/h4-10H,1-3H3/t4?,5-,6?,7?,8+/m1/s1. The zero-order valence-corrected chi connectivity index (χ0v) is 8.01. The maximum atomic E-state index is 9.57. The molecule has 0 aromatic rings. The fraction of sp³-hybridized carbons (Fsp3) is 1.00. The van der Waals surface area contributed by atoms with E-state index in [1.165, 1.54) is 14.2 Å². The Hall–Kier alpha value is -0.200. The fourth-order valence-electron chi connectivity index (χ4n) is 1.44. The molecular formula is C8H16O5. The minimum absolute atomic E-state index is 0.452. The Morgan fingerprint density at radius 1 is 1.08 bits per heavy atom. The fourth-order valence-corrected chi connectivity index (χ4v) is 1.44. The predicted molar refractivity (Wildman–Crippen MR) is 44.2 cm³/mol. The zero-order chi connectivity index (χ0) is 10.0. The van der Waals surface area contributed by atoms with Gasteiger partial charge in [-0.15, -0.1) is 0 Å². The van der Waals surface area contributed by atoms with E-state index in [1.54, 1.807) is 6.92 Å². The third-order valence-electron chi connectivity index (χ3n) is 2.29. The van der Waals surface area contributed by atoms with Gasteiger partial charge in [0.25, 0.3) is 0 Å². The van der Waals surface area contributed by atoms with Crippen molar-refractivity contribution in [3.05, 3.63) is 0 Å². The maximum absolute atomic E-state index is 9.57. The van der Waals surface area contributed by atoms with E-state index < -0.39 is 30.7 Å². The summed E-state index contributed by atoms with van der Waals surface area (Å²) in [6.07, 6.45) is -3.63. The van der Waals surface area contributed by atoms with Crippen LogP contribution in [0.5, 0.6) is 0 Å². The maximum Gasteiger partial charge on any atom is 0.186 e. The largest absolute Gasteiger partial charge is 0.388 e. The molecule has 13 heavy (non-hydrogen) atoms. The van der Waals surface area contributed by atoms with E-state index in [0.717, 1.165) is 0 Å². The average molecular weight is 192 g/mol. The molecule has 5 nitrogen and oxygen atoms in total. The molecule has 5 atom stereocenters. The van der Waals surface area contributed by atoms with Gasteiger partial charge in [-0.25, -0.2) is 0 Å². The molecule has 1 rings (SSSR count). The van der Waals surface area contributed by atoms with Crippen LogP contribution in [-0.2, 0) is 14.2 Å². The molecule has 3 unspecified atom stereocenters. The van der Waals surface area contributed by atoms with Crippen molar-refractivity contribution < 1.29 is 24.4 Å². The van der Waals surface area contributed by atoms with E-state index in [9.17, 15) is 10.2 Å².